The number of halogens is 4. The fourth-order valence-corrected chi connectivity index (χ4v) is 6.84. The smallest absolute Gasteiger partial charge is 0.422 e. The first kappa shape index (κ1) is 24.5. The van der Waals surface area contributed by atoms with E-state index >= 15 is 0 Å². The molecule has 1 N–H and O–H groups in total. The molecule has 4 atom stereocenters. The molecule has 2 aromatic heterocycles. The van der Waals surface area contributed by atoms with Crippen molar-refractivity contribution < 1.29 is 17.9 Å². The number of hydrogen-bond donors (Lipinski definition) is 1. The Kier molecular flexibility index (Phi) is 5.89. The molecule has 1 saturated heterocycles. The Hall–Kier alpha value is -2.81. The lowest BCUT2D eigenvalue weighted by Crippen LogP contribution is -2.68. The SMILES string of the molecule is CC(C)/C1=C/C=C(/OCC(F)(F)F)Cc2cc1nc(N[C@@H]1[C@@H]3CCC34CN(c3ccnc(Cl)c3)C[C@@H]14)n2. The summed E-state index contributed by atoms with van der Waals surface area (Å²) < 4.78 is 43.5. The highest BCUT2D eigenvalue weighted by Crippen LogP contribution is 2.68. The number of rotatable bonds is 6. The van der Waals surface area contributed by atoms with Gasteiger partial charge in [0.25, 0.3) is 0 Å². The Labute approximate surface area is 219 Å². The van der Waals surface area contributed by atoms with E-state index in [1.165, 1.54) is 12.8 Å². The summed E-state index contributed by atoms with van der Waals surface area (Å²) in [5, 5.41) is 4.13. The van der Waals surface area contributed by atoms with Gasteiger partial charge in [-0.25, -0.2) is 15.0 Å². The van der Waals surface area contributed by atoms with Crippen molar-refractivity contribution in [3.05, 3.63) is 58.8 Å². The van der Waals surface area contributed by atoms with Gasteiger partial charge in [0.1, 0.15) is 10.9 Å². The standard InChI is InChI=1S/C27H29ClF3N5O/c1-15(2)19-4-3-18(37-14-27(29,30)31)9-16-10-22(19)34-25(33-16)35-24-20-5-7-26(20)13-36(12-21(24)26)17-6-8-32-23(28)11-17/h3-4,6,8,10-11,15,20-21,24H,5,7,9,12-14H2,1-2H3,(H,33,34,35)/b18-3+,19-4-/t20-,21-,24+,26?/m0/s1. The zero-order valence-electron chi connectivity index (χ0n) is 20.7. The van der Waals surface area contributed by atoms with Crippen molar-refractivity contribution in [3.63, 3.8) is 0 Å². The molecule has 0 aromatic carbocycles. The summed E-state index contributed by atoms with van der Waals surface area (Å²) in [7, 11) is 0. The molecule has 37 heavy (non-hydrogen) atoms. The van der Waals surface area contributed by atoms with E-state index in [-0.39, 0.29) is 24.1 Å². The minimum absolute atomic E-state index is 0.132. The monoisotopic (exact) mass is 531 g/mol. The van der Waals surface area contributed by atoms with Crippen molar-refractivity contribution >= 4 is 28.8 Å². The third kappa shape index (κ3) is 4.45. The molecule has 0 amide bonds. The Morgan fingerprint density at radius 2 is 2.05 bits per heavy atom. The van der Waals surface area contributed by atoms with Gasteiger partial charge in [0, 0.05) is 43.4 Å². The number of alkyl halides is 3. The van der Waals surface area contributed by atoms with Gasteiger partial charge < -0.3 is 15.0 Å². The Bertz CT molecular complexity index is 1280. The topological polar surface area (TPSA) is 63.2 Å². The first-order chi connectivity index (χ1) is 17.6. The van der Waals surface area contributed by atoms with Crippen LogP contribution in [0.25, 0.3) is 5.57 Å². The summed E-state index contributed by atoms with van der Waals surface area (Å²) in [5.74, 6) is 1.93. The highest BCUT2D eigenvalue weighted by Gasteiger charge is 2.70. The summed E-state index contributed by atoms with van der Waals surface area (Å²) >= 11 is 6.15. The summed E-state index contributed by atoms with van der Waals surface area (Å²) in [4.78, 5) is 16.1. The van der Waals surface area contributed by atoms with Gasteiger partial charge in [0.2, 0.25) is 5.95 Å². The summed E-state index contributed by atoms with van der Waals surface area (Å²) in [5.41, 5.74) is 3.79. The quantitative estimate of drug-likeness (QED) is 0.468. The van der Waals surface area contributed by atoms with Crippen LogP contribution in [0.4, 0.5) is 24.8 Å². The number of ether oxygens (including phenoxy) is 1. The van der Waals surface area contributed by atoms with E-state index in [1.54, 1.807) is 12.3 Å². The van der Waals surface area contributed by atoms with E-state index in [0.717, 1.165) is 30.0 Å². The zero-order valence-corrected chi connectivity index (χ0v) is 21.5. The van der Waals surface area contributed by atoms with E-state index in [4.69, 9.17) is 26.3 Å². The lowest BCUT2D eigenvalue weighted by atomic mass is 9.41. The number of fused-ring (bicyclic) bond motifs is 2. The van der Waals surface area contributed by atoms with Crippen molar-refractivity contribution in [2.24, 2.45) is 23.2 Å². The molecule has 6 rings (SSSR count). The van der Waals surface area contributed by atoms with Gasteiger partial charge in [0.05, 0.1) is 11.4 Å². The zero-order chi connectivity index (χ0) is 25.9. The normalized spacial score (nSPS) is 31.0. The second-order valence-electron chi connectivity index (χ2n) is 10.9. The van der Waals surface area contributed by atoms with Crippen molar-refractivity contribution in [3.8, 4) is 0 Å². The molecule has 10 heteroatoms. The molecule has 3 heterocycles. The molecule has 196 valence electrons. The molecule has 3 fully saturated rings. The van der Waals surface area contributed by atoms with Gasteiger partial charge in [0.15, 0.2) is 6.61 Å². The van der Waals surface area contributed by atoms with Gasteiger partial charge in [-0.2, -0.15) is 13.2 Å². The molecule has 3 aliphatic carbocycles. The first-order valence-electron chi connectivity index (χ1n) is 12.7. The van der Waals surface area contributed by atoms with Crippen LogP contribution in [0.2, 0.25) is 5.15 Å². The highest BCUT2D eigenvalue weighted by atomic mass is 35.5. The number of hydrogen-bond acceptors (Lipinski definition) is 6. The molecule has 4 aliphatic rings. The summed E-state index contributed by atoms with van der Waals surface area (Å²) in [6, 6.07) is 6.04. The predicted molar refractivity (Wildman–Crippen MR) is 136 cm³/mol. The van der Waals surface area contributed by atoms with E-state index < -0.39 is 12.8 Å². The molecule has 2 bridgehead atoms. The highest BCUT2D eigenvalue weighted by molar-refractivity contribution is 6.29. The Morgan fingerprint density at radius 1 is 1.22 bits per heavy atom. The van der Waals surface area contributed by atoms with Gasteiger partial charge in [-0.3, -0.25) is 0 Å². The number of aromatic nitrogens is 3. The van der Waals surface area contributed by atoms with E-state index in [2.05, 4.69) is 15.2 Å². The van der Waals surface area contributed by atoms with Crippen molar-refractivity contribution in [2.45, 2.75) is 45.3 Å². The summed E-state index contributed by atoms with van der Waals surface area (Å²) in [6.07, 6.45) is 3.35. The van der Waals surface area contributed by atoms with Crippen LogP contribution in [0.3, 0.4) is 0 Å². The Balaban J connectivity index is 1.23. The maximum absolute atomic E-state index is 12.8. The third-order valence-corrected chi connectivity index (χ3v) is 8.67. The fourth-order valence-electron chi connectivity index (χ4n) is 6.67. The van der Waals surface area contributed by atoms with Crippen LogP contribution in [-0.4, -0.2) is 46.9 Å². The van der Waals surface area contributed by atoms with Crippen molar-refractivity contribution in [2.75, 3.05) is 29.9 Å². The maximum Gasteiger partial charge on any atom is 0.422 e. The van der Waals surface area contributed by atoms with Gasteiger partial charge in [-0.15, -0.1) is 0 Å². The molecule has 2 aromatic rings. The lowest BCUT2D eigenvalue weighted by molar-refractivity contribution is -0.165. The number of pyridine rings is 1. The third-order valence-electron chi connectivity index (χ3n) is 8.46. The number of nitrogens with zero attached hydrogens (tertiary/aromatic N) is 4. The minimum atomic E-state index is -4.40. The van der Waals surface area contributed by atoms with Crippen LogP contribution in [-0.2, 0) is 11.2 Å². The average molecular weight is 532 g/mol. The minimum Gasteiger partial charge on any atom is -0.488 e. The van der Waals surface area contributed by atoms with Crippen LogP contribution >= 0.6 is 11.6 Å². The number of nitrogens with one attached hydrogen (secondary N) is 1. The fraction of sp³-hybridized carbons (Fsp3) is 0.519. The van der Waals surface area contributed by atoms with Gasteiger partial charge in [-0.1, -0.05) is 31.5 Å². The van der Waals surface area contributed by atoms with Crippen LogP contribution in [0.5, 0.6) is 0 Å². The van der Waals surface area contributed by atoms with Gasteiger partial charge >= 0.3 is 6.18 Å². The van der Waals surface area contributed by atoms with E-state index in [0.29, 0.717) is 34.0 Å². The molecule has 2 saturated carbocycles. The molecular weight excluding hydrogens is 503 g/mol. The number of anilines is 2. The number of allylic oxidation sites excluding steroid dienone is 4. The predicted octanol–water partition coefficient (Wildman–Crippen LogP) is 5.91. The lowest BCUT2D eigenvalue weighted by Gasteiger charge is -2.65. The van der Waals surface area contributed by atoms with Crippen LogP contribution in [0.1, 0.15) is 38.1 Å². The van der Waals surface area contributed by atoms with Gasteiger partial charge in [-0.05, 0) is 59.9 Å². The second-order valence-corrected chi connectivity index (χ2v) is 11.3. The molecule has 1 aliphatic heterocycles. The van der Waals surface area contributed by atoms with Crippen LogP contribution < -0.4 is 10.2 Å². The van der Waals surface area contributed by atoms with Crippen LogP contribution in [0.15, 0.2) is 42.3 Å². The molecule has 1 spiro atoms. The molecule has 6 nitrogen and oxygen atoms in total. The maximum atomic E-state index is 12.8. The molecular formula is C27H29ClF3N5O. The Morgan fingerprint density at radius 3 is 2.76 bits per heavy atom. The van der Waals surface area contributed by atoms with Crippen molar-refractivity contribution in [1.82, 2.24) is 15.0 Å². The van der Waals surface area contributed by atoms with E-state index in [9.17, 15) is 13.2 Å². The van der Waals surface area contributed by atoms with Crippen molar-refractivity contribution in [1.29, 1.82) is 0 Å². The second kappa shape index (κ2) is 8.89. The average Bonchev–Trinajstić information content (AvgIpc) is 3.20. The first-order valence-corrected chi connectivity index (χ1v) is 13.1. The molecule has 1 unspecified atom stereocenters. The molecule has 0 radical (unpaired) electrons. The van der Waals surface area contributed by atoms with Crippen LogP contribution in [0, 0.1) is 23.2 Å². The summed E-state index contributed by atoms with van der Waals surface area (Å²) in [6.45, 7) is 4.70. The largest absolute Gasteiger partial charge is 0.488 e. The van der Waals surface area contributed by atoms with E-state index in [1.807, 2.05) is 38.1 Å².